The summed E-state index contributed by atoms with van der Waals surface area (Å²) < 4.78 is 0. The van der Waals surface area contributed by atoms with Crippen LogP contribution in [-0.2, 0) is 5.41 Å². The summed E-state index contributed by atoms with van der Waals surface area (Å²) in [5, 5.41) is 0. The van der Waals surface area contributed by atoms with Gasteiger partial charge in [0, 0.05) is 0 Å². The van der Waals surface area contributed by atoms with E-state index in [9.17, 15) is 0 Å². The lowest BCUT2D eigenvalue weighted by molar-refractivity contribution is 0.746. The summed E-state index contributed by atoms with van der Waals surface area (Å²) in [4.78, 5) is 0. The van der Waals surface area contributed by atoms with Crippen molar-refractivity contribution in [3.63, 3.8) is 0 Å². The largest absolute Gasteiger partial charge is 0.0702 e. The number of hydrogen-bond acceptors (Lipinski definition) is 0. The third kappa shape index (κ3) is 5.90. The van der Waals surface area contributed by atoms with Crippen molar-refractivity contribution in [2.75, 3.05) is 0 Å². The van der Waals surface area contributed by atoms with Crippen LogP contribution < -0.4 is 0 Å². The highest BCUT2D eigenvalue weighted by atomic mass is 14.4. The molecular weight excluding hydrogens is 589 g/mol. The Hall–Kier alpha value is -6.24. The van der Waals surface area contributed by atoms with Gasteiger partial charge in [0.25, 0.3) is 0 Å². The fourth-order valence-corrected chi connectivity index (χ4v) is 7.25. The van der Waals surface area contributed by atoms with Crippen molar-refractivity contribution in [1.29, 1.82) is 0 Å². The minimum Gasteiger partial charge on any atom is -0.0622 e. The lowest BCUT2D eigenvalue weighted by Gasteiger charge is -2.38. The SMILES string of the molecule is c1ccc(-c2cccc(C(c3cccc(-c4ccccc4)c3)(c3cccc(-c4ccccc4)c3)c3cccc(-c4ccccc4)c3)c2)cc1. The normalized spacial score (nSPS) is 11.3. The Balaban J connectivity index is 1.47. The van der Waals surface area contributed by atoms with Gasteiger partial charge in [0.15, 0.2) is 0 Å². The molecule has 8 rings (SSSR count). The van der Waals surface area contributed by atoms with Crippen molar-refractivity contribution < 1.29 is 0 Å². The van der Waals surface area contributed by atoms with E-state index in [1.54, 1.807) is 0 Å². The Kier molecular flexibility index (Phi) is 8.28. The Morgan fingerprint density at radius 3 is 0.612 bits per heavy atom. The van der Waals surface area contributed by atoms with E-state index < -0.39 is 5.41 Å². The van der Waals surface area contributed by atoms with Gasteiger partial charge in [-0.2, -0.15) is 0 Å². The van der Waals surface area contributed by atoms with E-state index in [1.807, 2.05) is 0 Å². The molecule has 0 spiro atoms. The molecule has 49 heavy (non-hydrogen) atoms. The number of hydrogen-bond donors (Lipinski definition) is 0. The van der Waals surface area contributed by atoms with Crippen LogP contribution >= 0.6 is 0 Å². The first-order chi connectivity index (χ1) is 24.3. The first kappa shape index (κ1) is 30.1. The van der Waals surface area contributed by atoms with Gasteiger partial charge in [0.1, 0.15) is 0 Å². The third-order valence-corrected chi connectivity index (χ3v) is 9.61. The molecule has 0 N–H and O–H groups in total. The van der Waals surface area contributed by atoms with Gasteiger partial charge in [-0.1, -0.05) is 194 Å². The van der Waals surface area contributed by atoms with E-state index in [0.29, 0.717) is 0 Å². The summed E-state index contributed by atoms with van der Waals surface area (Å²) in [7, 11) is 0. The van der Waals surface area contributed by atoms with E-state index in [0.717, 1.165) is 0 Å². The lowest BCUT2D eigenvalue weighted by atomic mass is 9.64. The zero-order valence-corrected chi connectivity index (χ0v) is 27.3. The molecule has 0 aromatic heterocycles. The maximum atomic E-state index is 2.40. The molecule has 0 unspecified atom stereocenters. The summed E-state index contributed by atoms with van der Waals surface area (Å²) in [6.07, 6.45) is 0. The van der Waals surface area contributed by atoms with Gasteiger partial charge in [0.2, 0.25) is 0 Å². The van der Waals surface area contributed by atoms with Crippen LogP contribution in [0.3, 0.4) is 0 Å². The molecule has 0 aliphatic carbocycles. The van der Waals surface area contributed by atoms with Gasteiger partial charge in [0.05, 0.1) is 5.41 Å². The van der Waals surface area contributed by atoms with Crippen LogP contribution in [0, 0.1) is 0 Å². The quantitative estimate of drug-likeness (QED) is 0.148. The van der Waals surface area contributed by atoms with Gasteiger partial charge >= 0.3 is 0 Å². The fourth-order valence-electron chi connectivity index (χ4n) is 7.25. The van der Waals surface area contributed by atoms with Crippen LogP contribution in [0.1, 0.15) is 22.3 Å². The van der Waals surface area contributed by atoms with Gasteiger partial charge in [-0.25, -0.2) is 0 Å². The van der Waals surface area contributed by atoms with Crippen molar-refractivity contribution in [2.24, 2.45) is 0 Å². The minimum atomic E-state index is -0.648. The molecule has 232 valence electrons. The van der Waals surface area contributed by atoms with Gasteiger partial charge in [-0.05, 0) is 91.0 Å². The average molecular weight is 625 g/mol. The summed E-state index contributed by atoms with van der Waals surface area (Å²) in [6, 6.07) is 79.4. The second-order valence-electron chi connectivity index (χ2n) is 12.5. The van der Waals surface area contributed by atoms with Crippen LogP contribution in [0.15, 0.2) is 218 Å². The second kappa shape index (κ2) is 13.5. The van der Waals surface area contributed by atoms with Crippen LogP contribution in [-0.4, -0.2) is 0 Å². The molecule has 0 saturated heterocycles. The average Bonchev–Trinajstić information content (AvgIpc) is 3.20. The molecule has 0 nitrogen and oxygen atoms in total. The maximum absolute atomic E-state index is 2.40. The van der Waals surface area contributed by atoms with Crippen LogP contribution in [0.5, 0.6) is 0 Å². The molecule has 0 aliphatic heterocycles. The summed E-state index contributed by atoms with van der Waals surface area (Å²) in [6.45, 7) is 0. The Bertz CT molecular complexity index is 1970. The maximum Gasteiger partial charge on any atom is 0.0702 e. The number of rotatable bonds is 8. The van der Waals surface area contributed by atoms with Crippen molar-refractivity contribution in [1.82, 2.24) is 0 Å². The van der Waals surface area contributed by atoms with Crippen molar-refractivity contribution in [3.05, 3.63) is 241 Å². The van der Waals surface area contributed by atoms with Gasteiger partial charge in [-0.3, -0.25) is 0 Å². The Labute approximate surface area is 289 Å². The predicted molar refractivity (Wildman–Crippen MR) is 206 cm³/mol. The molecule has 0 heteroatoms. The third-order valence-electron chi connectivity index (χ3n) is 9.61. The second-order valence-corrected chi connectivity index (χ2v) is 12.5. The van der Waals surface area contributed by atoms with E-state index in [2.05, 4.69) is 218 Å². The molecule has 8 aromatic rings. The molecule has 8 aromatic carbocycles. The highest BCUT2D eigenvalue weighted by Gasteiger charge is 2.39. The summed E-state index contributed by atoms with van der Waals surface area (Å²) >= 11 is 0. The zero-order valence-electron chi connectivity index (χ0n) is 27.3. The monoisotopic (exact) mass is 624 g/mol. The molecule has 0 fully saturated rings. The highest BCUT2D eigenvalue weighted by molar-refractivity contribution is 5.75. The summed E-state index contributed by atoms with van der Waals surface area (Å²) in [5.74, 6) is 0. The zero-order chi connectivity index (χ0) is 32.9. The van der Waals surface area contributed by atoms with E-state index in [1.165, 1.54) is 66.8 Å². The first-order valence-electron chi connectivity index (χ1n) is 16.9. The molecule has 0 saturated carbocycles. The lowest BCUT2D eigenvalue weighted by Crippen LogP contribution is -2.31. The van der Waals surface area contributed by atoms with Crippen LogP contribution in [0.25, 0.3) is 44.5 Å². The molecule has 0 radical (unpaired) electrons. The smallest absolute Gasteiger partial charge is 0.0622 e. The highest BCUT2D eigenvalue weighted by Crippen LogP contribution is 2.48. The molecule has 0 heterocycles. The molecule has 0 amide bonds. The molecule has 0 bridgehead atoms. The fraction of sp³-hybridized carbons (Fsp3) is 0.0204. The van der Waals surface area contributed by atoms with E-state index in [4.69, 9.17) is 0 Å². The predicted octanol–water partition coefficient (Wildman–Crippen LogP) is 12.7. The van der Waals surface area contributed by atoms with Gasteiger partial charge in [-0.15, -0.1) is 0 Å². The molecular formula is C49H36. The minimum absolute atomic E-state index is 0.648. The first-order valence-corrected chi connectivity index (χ1v) is 16.9. The molecule has 0 aliphatic rings. The van der Waals surface area contributed by atoms with Crippen LogP contribution in [0.4, 0.5) is 0 Å². The van der Waals surface area contributed by atoms with Gasteiger partial charge < -0.3 is 0 Å². The van der Waals surface area contributed by atoms with E-state index >= 15 is 0 Å². The Morgan fingerprint density at radius 1 is 0.184 bits per heavy atom. The standard InChI is InChI=1S/C49H36/c1-5-17-37(18-6-1)41-25-13-29-45(33-41)49(46-30-14-26-42(34-46)38-19-7-2-8-20-38,47-31-15-27-43(35-47)39-21-9-3-10-22-39)48-32-16-28-44(36-48)40-23-11-4-12-24-40/h1-36H. The van der Waals surface area contributed by atoms with Crippen molar-refractivity contribution >= 4 is 0 Å². The van der Waals surface area contributed by atoms with Crippen LogP contribution in [0.2, 0.25) is 0 Å². The summed E-state index contributed by atoms with van der Waals surface area (Å²) in [5.41, 5.74) is 13.8. The number of benzene rings is 8. The van der Waals surface area contributed by atoms with E-state index in [-0.39, 0.29) is 0 Å². The molecule has 0 atom stereocenters. The van der Waals surface area contributed by atoms with Crippen molar-refractivity contribution in [3.8, 4) is 44.5 Å². The topological polar surface area (TPSA) is 0 Å². The van der Waals surface area contributed by atoms with Crippen molar-refractivity contribution in [2.45, 2.75) is 5.41 Å². The Morgan fingerprint density at radius 2 is 0.388 bits per heavy atom.